The van der Waals surface area contributed by atoms with Crippen LogP contribution in [0.2, 0.25) is 0 Å². The van der Waals surface area contributed by atoms with E-state index in [1.54, 1.807) is 12.4 Å². The summed E-state index contributed by atoms with van der Waals surface area (Å²) in [6, 6.07) is 0.907. The van der Waals surface area contributed by atoms with Gasteiger partial charge in [-0.2, -0.15) is 5.26 Å². The molecule has 0 saturated heterocycles. The zero-order valence-electron chi connectivity index (χ0n) is 9.37. The van der Waals surface area contributed by atoms with Crippen LogP contribution in [0.4, 0.5) is 14.5 Å². The Labute approximate surface area is 119 Å². The zero-order chi connectivity index (χ0) is 14.6. The highest BCUT2D eigenvalue weighted by atomic mass is 79.9. The normalized spacial score (nSPS) is 11.0. The van der Waals surface area contributed by atoms with Gasteiger partial charge in [0.2, 0.25) is 0 Å². The van der Waals surface area contributed by atoms with Crippen molar-refractivity contribution in [3.05, 3.63) is 27.7 Å². The highest BCUT2D eigenvalue weighted by Crippen LogP contribution is 2.33. The van der Waals surface area contributed by atoms with Gasteiger partial charge in [-0.1, -0.05) is 11.8 Å². The van der Waals surface area contributed by atoms with E-state index in [2.05, 4.69) is 26.2 Å². The maximum absolute atomic E-state index is 13.7. The number of hydrogen-bond donors (Lipinski definition) is 2. The minimum atomic E-state index is -1.59. The number of amidine groups is 1. The summed E-state index contributed by atoms with van der Waals surface area (Å²) in [6.45, 7) is 0. The van der Waals surface area contributed by atoms with Crippen LogP contribution in [-0.4, -0.2) is 22.5 Å². The molecule has 1 aromatic rings. The summed E-state index contributed by atoms with van der Waals surface area (Å²) in [4.78, 5) is 14.4. The number of halogens is 3. The van der Waals surface area contributed by atoms with Gasteiger partial charge in [0.25, 0.3) is 0 Å². The Bertz CT molecular complexity index is 601. The highest BCUT2D eigenvalue weighted by molar-refractivity contribution is 9.10. The molecular weight excluding hydrogens is 344 g/mol. The Hall–Kier alpha value is -1.66. The largest absolute Gasteiger partial charge is 0.478 e. The van der Waals surface area contributed by atoms with Crippen molar-refractivity contribution in [3.63, 3.8) is 0 Å². The number of nitrogens with one attached hydrogen (secondary N) is 1. The molecule has 0 aliphatic rings. The number of aliphatic imine (C=N–C) groups is 1. The smallest absolute Gasteiger partial charge is 0.338 e. The van der Waals surface area contributed by atoms with Crippen molar-refractivity contribution in [1.29, 1.82) is 5.26 Å². The first-order valence-corrected chi connectivity index (χ1v) is 6.62. The van der Waals surface area contributed by atoms with E-state index >= 15 is 0 Å². The van der Waals surface area contributed by atoms with Crippen LogP contribution in [0.1, 0.15) is 10.4 Å². The Morgan fingerprint density at radius 1 is 1.58 bits per heavy atom. The SMILES string of the molecule is CSC(=Nc1c(Br)cc(C(=O)O)c(F)c1F)NC#N. The molecule has 100 valence electrons. The van der Waals surface area contributed by atoms with Crippen LogP contribution in [0, 0.1) is 23.1 Å². The van der Waals surface area contributed by atoms with E-state index < -0.39 is 28.9 Å². The summed E-state index contributed by atoms with van der Waals surface area (Å²) in [5.41, 5.74) is -1.23. The van der Waals surface area contributed by atoms with Gasteiger partial charge in [0.05, 0.1) is 5.56 Å². The van der Waals surface area contributed by atoms with Gasteiger partial charge in [-0.15, -0.1) is 0 Å². The second-order valence-corrected chi connectivity index (χ2v) is 4.69. The number of rotatable bonds is 2. The molecule has 0 aliphatic carbocycles. The fourth-order valence-corrected chi connectivity index (χ4v) is 1.94. The maximum atomic E-state index is 13.7. The molecule has 2 N–H and O–H groups in total. The van der Waals surface area contributed by atoms with Gasteiger partial charge in [0, 0.05) is 4.47 Å². The number of carboxylic acids is 1. The van der Waals surface area contributed by atoms with Gasteiger partial charge in [-0.3, -0.25) is 5.32 Å². The molecule has 0 aliphatic heterocycles. The predicted molar refractivity (Wildman–Crippen MR) is 70.4 cm³/mol. The maximum Gasteiger partial charge on any atom is 0.338 e. The van der Waals surface area contributed by atoms with Crippen molar-refractivity contribution in [2.24, 2.45) is 4.99 Å². The van der Waals surface area contributed by atoms with Crippen LogP contribution in [0.3, 0.4) is 0 Å². The fraction of sp³-hybridized carbons (Fsp3) is 0.100. The fourth-order valence-electron chi connectivity index (χ4n) is 1.12. The average Bonchev–Trinajstić information content (AvgIpc) is 2.37. The van der Waals surface area contributed by atoms with E-state index in [9.17, 15) is 13.6 Å². The molecule has 0 fully saturated rings. The lowest BCUT2D eigenvalue weighted by Gasteiger charge is -2.06. The minimum Gasteiger partial charge on any atom is -0.478 e. The lowest BCUT2D eigenvalue weighted by molar-refractivity contribution is 0.0690. The van der Waals surface area contributed by atoms with Gasteiger partial charge in [-0.25, -0.2) is 18.6 Å². The lowest BCUT2D eigenvalue weighted by atomic mass is 10.2. The standard InChI is InChI=1S/C10H6BrF2N3O2S/c1-19-10(15-3-14)16-8-5(11)2-4(9(17)18)6(12)7(8)13/h2H,1H3,(H,15,16)(H,17,18). The van der Waals surface area contributed by atoms with Gasteiger partial charge in [0.1, 0.15) is 5.69 Å². The Morgan fingerprint density at radius 2 is 2.21 bits per heavy atom. The molecule has 0 amide bonds. The topological polar surface area (TPSA) is 85.5 Å². The molecule has 0 aromatic heterocycles. The quantitative estimate of drug-likeness (QED) is 0.282. The van der Waals surface area contributed by atoms with Gasteiger partial charge >= 0.3 is 5.97 Å². The number of aromatic carboxylic acids is 1. The molecule has 0 atom stereocenters. The molecule has 0 saturated carbocycles. The molecule has 5 nitrogen and oxygen atoms in total. The van der Waals surface area contributed by atoms with Crippen molar-refractivity contribution in [1.82, 2.24) is 5.32 Å². The summed E-state index contributed by atoms with van der Waals surface area (Å²) < 4.78 is 27.2. The Kier molecular flexibility index (Phi) is 5.26. The molecular formula is C10H6BrF2N3O2S. The van der Waals surface area contributed by atoms with Crippen molar-refractivity contribution in [3.8, 4) is 6.19 Å². The van der Waals surface area contributed by atoms with E-state index in [1.165, 1.54) is 0 Å². The van der Waals surface area contributed by atoms with Crippen LogP contribution >= 0.6 is 27.7 Å². The Balaban J connectivity index is 3.43. The van der Waals surface area contributed by atoms with Gasteiger partial charge in [0.15, 0.2) is 23.0 Å². The summed E-state index contributed by atoms with van der Waals surface area (Å²) in [7, 11) is 0. The van der Waals surface area contributed by atoms with Gasteiger partial charge in [-0.05, 0) is 28.3 Å². The molecule has 0 radical (unpaired) electrons. The van der Waals surface area contributed by atoms with Gasteiger partial charge < -0.3 is 5.11 Å². The molecule has 0 heterocycles. The first-order chi connectivity index (χ1) is 8.92. The Morgan fingerprint density at radius 3 is 2.68 bits per heavy atom. The summed E-state index contributed by atoms with van der Waals surface area (Å²) in [5, 5.41) is 19.4. The summed E-state index contributed by atoms with van der Waals surface area (Å²) >= 11 is 3.93. The second-order valence-electron chi connectivity index (χ2n) is 3.05. The lowest BCUT2D eigenvalue weighted by Crippen LogP contribution is -2.13. The van der Waals surface area contributed by atoms with Crippen LogP contribution in [-0.2, 0) is 0 Å². The first kappa shape index (κ1) is 15.4. The summed E-state index contributed by atoms with van der Waals surface area (Å²) in [5.74, 6) is -4.50. The third-order valence-electron chi connectivity index (χ3n) is 1.93. The van der Waals surface area contributed by atoms with Crippen molar-refractivity contribution in [2.45, 2.75) is 0 Å². The van der Waals surface area contributed by atoms with E-state index in [-0.39, 0.29) is 9.64 Å². The molecule has 19 heavy (non-hydrogen) atoms. The summed E-state index contributed by atoms with van der Waals surface area (Å²) in [6.07, 6.45) is 3.18. The molecule has 9 heteroatoms. The highest BCUT2D eigenvalue weighted by Gasteiger charge is 2.21. The number of nitriles is 1. The number of thioether (sulfide) groups is 1. The number of benzene rings is 1. The zero-order valence-corrected chi connectivity index (χ0v) is 11.8. The van der Waals surface area contributed by atoms with Crippen LogP contribution < -0.4 is 5.32 Å². The minimum absolute atomic E-state index is 0.0323. The monoisotopic (exact) mass is 349 g/mol. The van der Waals surface area contributed by atoms with Crippen molar-refractivity contribution < 1.29 is 18.7 Å². The van der Waals surface area contributed by atoms with E-state index in [0.29, 0.717) is 0 Å². The molecule has 1 rings (SSSR count). The number of carboxylic acid groups (broad SMARTS) is 1. The first-order valence-electron chi connectivity index (χ1n) is 4.61. The second kappa shape index (κ2) is 6.49. The molecule has 0 spiro atoms. The molecule has 1 aromatic carbocycles. The van der Waals surface area contributed by atoms with E-state index in [4.69, 9.17) is 10.4 Å². The van der Waals surface area contributed by atoms with E-state index in [0.717, 1.165) is 17.8 Å². The number of nitrogens with zero attached hydrogens (tertiary/aromatic N) is 2. The van der Waals surface area contributed by atoms with Crippen LogP contribution in [0.5, 0.6) is 0 Å². The third kappa shape index (κ3) is 3.42. The van der Waals surface area contributed by atoms with E-state index in [1.807, 2.05) is 0 Å². The average molecular weight is 350 g/mol. The number of hydrogen-bond acceptors (Lipinski definition) is 4. The molecule has 0 bridgehead atoms. The molecule has 0 unspecified atom stereocenters. The van der Waals surface area contributed by atoms with Crippen molar-refractivity contribution >= 4 is 44.5 Å². The number of carbonyl (C=O) groups is 1. The van der Waals surface area contributed by atoms with Crippen molar-refractivity contribution in [2.75, 3.05) is 6.26 Å². The third-order valence-corrected chi connectivity index (χ3v) is 3.12. The van der Waals surface area contributed by atoms with Crippen LogP contribution in [0.25, 0.3) is 0 Å². The van der Waals surface area contributed by atoms with Crippen LogP contribution in [0.15, 0.2) is 15.5 Å². The predicted octanol–water partition coefficient (Wildman–Crippen LogP) is 2.85.